The second-order valence-corrected chi connectivity index (χ2v) is 4.85. The van der Waals surface area contributed by atoms with Crippen molar-refractivity contribution in [1.82, 2.24) is 0 Å². The molecule has 1 fully saturated rings. The molecule has 100 valence electrons. The highest BCUT2D eigenvalue weighted by Crippen LogP contribution is 2.33. The predicted octanol–water partition coefficient (Wildman–Crippen LogP) is 2.62. The van der Waals surface area contributed by atoms with Gasteiger partial charge in [0.15, 0.2) is 11.6 Å². The fourth-order valence-electron chi connectivity index (χ4n) is 2.46. The number of hydrogen-bond donors (Lipinski definition) is 1. The molecule has 1 aromatic rings. The van der Waals surface area contributed by atoms with Crippen molar-refractivity contribution >= 4 is 0 Å². The summed E-state index contributed by atoms with van der Waals surface area (Å²) in [6.07, 6.45) is 4.33. The Hall–Kier alpha value is -1.13. The molecular weight excluding hydrogens is 233 g/mol. The van der Waals surface area contributed by atoms with Crippen molar-refractivity contribution < 1.29 is 13.9 Å². The molecular formula is C14H20FNO2. The van der Waals surface area contributed by atoms with E-state index in [0.717, 1.165) is 31.2 Å². The van der Waals surface area contributed by atoms with Gasteiger partial charge in [0.1, 0.15) is 0 Å². The van der Waals surface area contributed by atoms with Crippen LogP contribution < -0.4 is 10.5 Å². The lowest BCUT2D eigenvalue weighted by Gasteiger charge is -2.27. The molecule has 0 aliphatic heterocycles. The van der Waals surface area contributed by atoms with E-state index in [1.807, 2.05) is 6.07 Å². The summed E-state index contributed by atoms with van der Waals surface area (Å²) < 4.78 is 24.3. The molecule has 3 nitrogen and oxygen atoms in total. The minimum Gasteiger partial charge on any atom is -0.494 e. The van der Waals surface area contributed by atoms with Crippen LogP contribution in [0, 0.1) is 5.82 Å². The van der Waals surface area contributed by atoms with Gasteiger partial charge in [-0.05, 0) is 30.5 Å². The molecule has 0 bridgehead atoms. The predicted molar refractivity (Wildman–Crippen MR) is 68.0 cm³/mol. The van der Waals surface area contributed by atoms with Gasteiger partial charge in [0.05, 0.1) is 19.3 Å². The van der Waals surface area contributed by atoms with Crippen molar-refractivity contribution in [3.05, 3.63) is 29.6 Å². The average molecular weight is 253 g/mol. The van der Waals surface area contributed by atoms with E-state index in [1.165, 1.54) is 13.2 Å². The van der Waals surface area contributed by atoms with Crippen molar-refractivity contribution in [2.75, 3.05) is 13.7 Å². The van der Waals surface area contributed by atoms with Gasteiger partial charge in [0.25, 0.3) is 0 Å². The number of hydrogen-bond acceptors (Lipinski definition) is 3. The van der Waals surface area contributed by atoms with Gasteiger partial charge >= 0.3 is 0 Å². The molecule has 1 aromatic carbocycles. The number of benzene rings is 1. The van der Waals surface area contributed by atoms with Crippen LogP contribution in [0.5, 0.6) is 5.75 Å². The molecule has 0 unspecified atom stereocenters. The molecule has 0 amide bonds. The highest BCUT2D eigenvalue weighted by atomic mass is 19.1. The number of ether oxygens (including phenoxy) is 2. The maximum absolute atomic E-state index is 13.5. The Labute approximate surface area is 107 Å². The van der Waals surface area contributed by atoms with Crippen molar-refractivity contribution in [2.45, 2.75) is 37.9 Å². The van der Waals surface area contributed by atoms with E-state index in [0.29, 0.717) is 13.2 Å². The van der Waals surface area contributed by atoms with Crippen LogP contribution in [-0.4, -0.2) is 19.3 Å². The molecule has 0 aromatic heterocycles. The summed E-state index contributed by atoms with van der Waals surface area (Å²) in [6, 6.07) is 4.90. The second-order valence-electron chi connectivity index (χ2n) is 4.85. The number of nitrogens with two attached hydrogens (primary N) is 1. The Bertz CT molecular complexity index is 403. The topological polar surface area (TPSA) is 44.5 Å². The number of methoxy groups -OCH3 is 1. The van der Waals surface area contributed by atoms with Crippen LogP contribution in [0.1, 0.15) is 31.2 Å². The van der Waals surface area contributed by atoms with E-state index in [-0.39, 0.29) is 17.2 Å². The van der Waals surface area contributed by atoms with Crippen LogP contribution in [0.25, 0.3) is 0 Å². The average Bonchev–Trinajstić information content (AvgIpc) is 2.86. The lowest BCUT2D eigenvalue weighted by atomic mass is 10.0. The van der Waals surface area contributed by atoms with Gasteiger partial charge < -0.3 is 15.2 Å². The Morgan fingerprint density at radius 2 is 2.06 bits per heavy atom. The van der Waals surface area contributed by atoms with E-state index in [1.54, 1.807) is 6.07 Å². The Morgan fingerprint density at radius 3 is 2.61 bits per heavy atom. The van der Waals surface area contributed by atoms with E-state index in [4.69, 9.17) is 15.2 Å². The third-order valence-electron chi connectivity index (χ3n) is 3.65. The molecule has 1 saturated carbocycles. The zero-order valence-corrected chi connectivity index (χ0v) is 10.7. The third-order valence-corrected chi connectivity index (χ3v) is 3.65. The molecule has 0 saturated heterocycles. The molecule has 2 N–H and O–H groups in total. The summed E-state index contributed by atoms with van der Waals surface area (Å²) in [5.41, 5.74) is 6.40. The van der Waals surface area contributed by atoms with Gasteiger partial charge in [-0.25, -0.2) is 4.39 Å². The van der Waals surface area contributed by atoms with Crippen LogP contribution in [0.3, 0.4) is 0 Å². The molecule has 0 spiro atoms. The van der Waals surface area contributed by atoms with Gasteiger partial charge in [-0.15, -0.1) is 0 Å². The summed E-state index contributed by atoms with van der Waals surface area (Å²) in [7, 11) is 1.45. The zero-order valence-electron chi connectivity index (χ0n) is 10.7. The second kappa shape index (κ2) is 5.67. The third kappa shape index (κ3) is 2.82. The summed E-state index contributed by atoms with van der Waals surface area (Å²) in [4.78, 5) is 0. The van der Waals surface area contributed by atoms with Crippen LogP contribution >= 0.6 is 0 Å². The van der Waals surface area contributed by atoms with Crippen molar-refractivity contribution in [3.63, 3.8) is 0 Å². The summed E-state index contributed by atoms with van der Waals surface area (Å²) in [5, 5.41) is 0. The fraction of sp³-hybridized carbons (Fsp3) is 0.571. The zero-order chi connectivity index (χ0) is 13.0. The van der Waals surface area contributed by atoms with Crippen LogP contribution in [0.2, 0.25) is 0 Å². The van der Waals surface area contributed by atoms with E-state index >= 15 is 0 Å². The van der Waals surface area contributed by atoms with Crippen LogP contribution in [0.15, 0.2) is 18.2 Å². The molecule has 1 aliphatic carbocycles. The van der Waals surface area contributed by atoms with Gasteiger partial charge in [0, 0.05) is 6.54 Å². The quantitative estimate of drug-likeness (QED) is 0.877. The molecule has 1 aliphatic rings. The number of halogens is 1. The van der Waals surface area contributed by atoms with Gasteiger partial charge in [0.2, 0.25) is 0 Å². The maximum Gasteiger partial charge on any atom is 0.165 e. The minimum absolute atomic E-state index is 0.198. The Morgan fingerprint density at radius 1 is 1.33 bits per heavy atom. The standard InChI is InChI=1S/C14H20FNO2/c1-17-13-5-4-11(8-12(13)15)9-18-14(10-16)6-2-3-7-14/h4-5,8H,2-3,6-7,9-10,16H2,1H3. The van der Waals surface area contributed by atoms with Gasteiger partial charge in [-0.3, -0.25) is 0 Å². The first-order valence-corrected chi connectivity index (χ1v) is 6.35. The van der Waals surface area contributed by atoms with Crippen LogP contribution in [0.4, 0.5) is 4.39 Å². The van der Waals surface area contributed by atoms with E-state index < -0.39 is 0 Å². The lowest BCUT2D eigenvalue weighted by molar-refractivity contribution is -0.0449. The summed E-state index contributed by atoms with van der Waals surface area (Å²) in [5.74, 6) is -0.0972. The molecule has 4 heteroatoms. The van der Waals surface area contributed by atoms with E-state index in [9.17, 15) is 4.39 Å². The van der Waals surface area contributed by atoms with Gasteiger partial charge in [-0.2, -0.15) is 0 Å². The Balaban J connectivity index is 1.99. The van der Waals surface area contributed by atoms with Crippen molar-refractivity contribution in [1.29, 1.82) is 0 Å². The smallest absolute Gasteiger partial charge is 0.165 e. The summed E-state index contributed by atoms with van der Waals surface area (Å²) >= 11 is 0. The first-order chi connectivity index (χ1) is 8.69. The fourth-order valence-corrected chi connectivity index (χ4v) is 2.46. The Kier molecular flexibility index (Phi) is 4.19. The van der Waals surface area contributed by atoms with Crippen LogP contribution in [-0.2, 0) is 11.3 Å². The maximum atomic E-state index is 13.5. The minimum atomic E-state index is -0.355. The largest absolute Gasteiger partial charge is 0.494 e. The van der Waals surface area contributed by atoms with Crippen molar-refractivity contribution in [3.8, 4) is 5.75 Å². The van der Waals surface area contributed by atoms with Gasteiger partial charge in [-0.1, -0.05) is 18.9 Å². The van der Waals surface area contributed by atoms with Crippen molar-refractivity contribution in [2.24, 2.45) is 5.73 Å². The SMILES string of the molecule is COc1ccc(COC2(CN)CCCC2)cc1F. The first-order valence-electron chi connectivity index (χ1n) is 6.35. The summed E-state index contributed by atoms with van der Waals surface area (Å²) in [6.45, 7) is 0.934. The first kappa shape index (κ1) is 13.3. The lowest BCUT2D eigenvalue weighted by Crippen LogP contribution is -2.37. The van der Waals surface area contributed by atoms with E-state index in [2.05, 4.69) is 0 Å². The normalized spacial score (nSPS) is 17.9. The molecule has 0 heterocycles. The molecule has 2 rings (SSSR count). The monoisotopic (exact) mass is 253 g/mol. The molecule has 18 heavy (non-hydrogen) atoms. The number of rotatable bonds is 5. The molecule has 0 atom stereocenters. The highest BCUT2D eigenvalue weighted by molar-refractivity contribution is 5.28. The highest BCUT2D eigenvalue weighted by Gasteiger charge is 2.33. The molecule has 0 radical (unpaired) electrons.